The van der Waals surface area contributed by atoms with Crippen LogP contribution in [0.1, 0.15) is 16.1 Å². The van der Waals surface area contributed by atoms with Crippen molar-refractivity contribution >= 4 is 23.5 Å². The van der Waals surface area contributed by atoms with Crippen molar-refractivity contribution in [2.75, 3.05) is 18.5 Å². The SMILES string of the molecule is Cc1ccccc1NC(=O)COC(=O)CNC(=O)c1ccco1. The van der Waals surface area contributed by atoms with Crippen LogP contribution in [0.4, 0.5) is 5.69 Å². The van der Waals surface area contributed by atoms with Crippen molar-refractivity contribution in [1.29, 1.82) is 0 Å². The van der Waals surface area contributed by atoms with Gasteiger partial charge in [-0.15, -0.1) is 0 Å². The number of amides is 2. The van der Waals surface area contributed by atoms with E-state index in [-0.39, 0.29) is 12.3 Å². The third-order valence-corrected chi connectivity index (χ3v) is 2.92. The van der Waals surface area contributed by atoms with Gasteiger partial charge in [-0.05, 0) is 30.7 Å². The Morgan fingerprint density at radius 2 is 1.91 bits per heavy atom. The van der Waals surface area contributed by atoms with E-state index in [4.69, 9.17) is 9.15 Å². The maximum absolute atomic E-state index is 11.7. The standard InChI is InChI=1S/C16H16N2O5/c1-11-5-2-3-6-12(11)18-14(19)10-23-15(20)9-17-16(21)13-7-4-8-22-13/h2-8H,9-10H2,1H3,(H,17,21)(H,18,19). The molecule has 2 amide bonds. The molecule has 7 heteroatoms. The molecule has 23 heavy (non-hydrogen) atoms. The van der Waals surface area contributed by atoms with Gasteiger partial charge in [-0.3, -0.25) is 14.4 Å². The number of benzene rings is 1. The summed E-state index contributed by atoms with van der Waals surface area (Å²) >= 11 is 0. The fourth-order valence-electron chi connectivity index (χ4n) is 1.74. The first-order valence-electron chi connectivity index (χ1n) is 6.89. The lowest BCUT2D eigenvalue weighted by Gasteiger charge is -2.09. The van der Waals surface area contributed by atoms with Crippen LogP contribution in [0.3, 0.4) is 0 Å². The van der Waals surface area contributed by atoms with Crippen molar-refractivity contribution in [3.05, 3.63) is 54.0 Å². The molecule has 0 aliphatic carbocycles. The fourth-order valence-corrected chi connectivity index (χ4v) is 1.74. The lowest BCUT2D eigenvalue weighted by molar-refractivity contribution is -0.146. The second kappa shape index (κ2) is 7.79. The van der Waals surface area contributed by atoms with Gasteiger partial charge in [0, 0.05) is 5.69 Å². The largest absolute Gasteiger partial charge is 0.459 e. The van der Waals surface area contributed by atoms with E-state index in [2.05, 4.69) is 10.6 Å². The molecule has 120 valence electrons. The third-order valence-electron chi connectivity index (χ3n) is 2.92. The molecule has 2 aromatic rings. The van der Waals surface area contributed by atoms with E-state index < -0.39 is 24.4 Å². The summed E-state index contributed by atoms with van der Waals surface area (Å²) < 4.78 is 9.66. The second-order valence-electron chi connectivity index (χ2n) is 4.68. The van der Waals surface area contributed by atoms with Gasteiger partial charge in [0.1, 0.15) is 6.54 Å². The number of furan rings is 1. The van der Waals surface area contributed by atoms with Gasteiger partial charge in [0.2, 0.25) is 0 Å². The van der Waals surface area contributed by atoms with Crippen molar-refractivity contribution < 1.29 is 23.5 Å². The van der Waals surface area contributed by atoms with Gasteiger partial charge in [-0.2, -0.15) is 0 Å². The van der Waals surface area contributed by atoms with Crippen LogP contribution in [-0.2, 0) is 14.3 Å². The summed E-state index contributed by atoms with van der Waals surface area (Å²) in [6.07, 6.45) is 1.35. The fraction of sp³-hybridized carbons (Fsp3) is 0.188. The Morgan fingerprint density at radius 3 is 2.61 bits per heavy atom. The van der Waals surface area contributed by atoms with Crippen molar-refractivity contribution in [2.24, 2.45) is 0 Å². The number of rotatable bonds is 6. The highest BCUT2D eigenvalue weighted by molar-refractivity contribution is 5.95. The van der Waals surface area contributed by atoms with Crippen molar-refractivity contribution in [2.45, 2.75) is 6.92 Å². The van der Waals surface area contributed by atoms with E-state index in [1.807, 2.05) is 19.1 Å². The van der Waals surface area contributed by atoms with E-state index in [9.17, 15) is 14.4 Å². The molecule has 1 heterocycles. The minimum atomic E-state index is -0.718. The molecule has 0 bridgehead atoms. The number of aryl methyl sites for hydroxylation is 1. The van der Waals surface area contributed by atoms with Gasteiger partial charge < -0.3 is 19.8 Å². The zero-order valence-corrected chi connectivity index (χ0v) is 12.5. The Kier molecular flexibility index (Phi) is 5.51. The zero-order valence-electron chi connectivity index (χ0n) is 12.5. The molecule has 0 unspecified atom stereocenters. The number of para-hydroxylation sites is 1. The lowest BCUT2D eigenvalue weighted by atomic mass is 10.2. The van der Waals surface area contributed by atoms with Crippen LogP contribution in [0.15, 0.2) is 47.1 Å². The van der Waals surface area contributed by atoms with Crippen LogP contribution in [0.2, 0.25) is 0 Å². The summed E-state index contributed by atoms with van der Waals surface area (Å²) in [6.45, 7) is 1.08. The first-order chi connectivity index (χ1) is 11.1. The molecule has 0 atom stereocenters. The van der Waals surface area contributed by atoms with Crippen LogP contribution in [0.25, 0.3) is 0 Å². The number of hydrogen-bond acceptors (Lipinski definition) is 5. The van der Waals surface area contributed by atoms with Gasteiger partial charge in [0.15, 0.2) is 12.4 Å². The first kappa shape index (κ1) is 16.3. The highest BCUT2D eigenvalue weighted by Gasteiger charge is 2.12. The van der Waals surface area contributed by atoms with Gasteiger partial charge in [-0.1, -0.05) is 18.2 Å². The normalized spacial score (nSPS) is 9.96. The maximum atomic E-state index is 11.7. The van der Waals surface area contributed by atoms with Gasteiger partial charge in [0.05, 0.1) is 6.26 Å². The topological polar surface area (TPSA) is 97.6 Å². The van der Waals surface area contributed by atoms with Crippen LogP contribution in [0.5, 0.6) is 0 Å². The molecule has 0 saturated heterocycles. The third kappa shape index (κ3) is 4.99. The number of carbonyl (C=O) groups is 3. The molecular weight excluding hydrogens is 300 g/mol. The van der Waals surface area contributed by atoms with Crippen LogP contribution < -0.4 is 10.6 Å². The van der Waals surface area contributed by atoms with Crippen molar-refractivity contribution in [3.63, 3.8) is 0 Å². The number of ether oxygens (including phenoxy) is 1. The zero-order chi connectivity index (χ0) is 16.7. The molecular formula is C16H16N2O5. The summed E-state index contributed by atoms with van der Waals surface area (Å²) in [5, 5.41) is 4.96. The lowest BCUT2D eigenvalue weighted by Crippen LogP contribution is -2.32. The first-order valence-corrected chi connectivity index (χ1v) is 6.89. The summed E-state index contributed by atoms with van der Waals surface area (Å²) in [4.78, 5) is 34.7. The van der Waals surface area contributed by atoms with Crippen molar-refractivity contribution in [1.82, 2.24) is 5.32 Å². The smallest absolute Gasteiger partial charge is 0.325 e. The summed E-state index contributed by atoms with van der Waals surface area (Å²) in [7, 11) is 0. The molecule has 1 aromatic carbocycles. The quantitative estimate of drug-likeness (QED) is 0.787. The van der Waals surface area contributed by atoms with Gasteiger partial charge in [0.25, 0.3) is 11.8 Å². The maximum Gasteiger partial charge on any atom is 0.325 e. The average molecular weight is 316 g/mol. The van der Waals surface area contributed by atoms with Crippen LogP contribution in [0, 0.1) is 6.92 Å². The Hall–Kier alpha value is -3.09. The monoisotopic (exact) mass is 316 g/mol. The predicted octanol–water partition coefficient (Wildman–Crippen LogP) is 1.50. The minimum Gasteiger partial charge on any atom is -0.459 e. The Bertz CT molecular complexity index is 694. The minimum absolute atomic E-state index is 0.0927. The highest BCUT2D eigenvalue weighted by Crippen LogP contribution is 2.12. The van der Waals surface area contributed by atoms with E-state index in [1.165, 1.54) is 12.3 Å². The molecule has 1 aromatic heterocycles. The number of esters is 1. The molecule has 2 N–H and O–H groups in total. The number of nitrogens with one attached hydrogen (secondary N) is 2. The number of hydrogen-bond donors (Lipinski definition) is 2. The summed E-state index contributed by atoms with van der Waals surface area (Å²) in [5.41, 5.74) is 1.55. The predicted molar refractivity (Wildman–Crippen MR) is 81.8 cm³/mol. The molecule has 0 radical (unpaired) electrons. The Balaban J connectivity index is 1.71. The van der Waals surface area contributed by atoms with E-state index in [1.54, 1.807) is 18.2 Å². The number of anilines is 1. The van der Waals surface area contributed by atoms with Gasteiger partial charge in [-0.25, -0.2) is 0 Å². The van der Waals surface area contributed by atoms with E-state index >= 15 is 0 Å². The second-order valence-corrected chi connectivity index (χ2v) is 4.68. The molecule has 0 saturated carbocycles. The molecule has 7 nitrogen and oxygen atoms in total. The van der Waals surface area contributed by atoms with Crippen molar-refractivity contribution in [3.8, 4) is 0 Å². The van der Waals surface area contributed by atoms with Gasteiger partial charge >= 0.3 is 5.97 Å². The Morgan fingerprint density at radius 1 is 1.13 bits per heavy atom. The summed E-state index contributed by atoms with van der Waals surface area (Å²) in [5.74, 6) is -1.61. The molecule has 0 aliphatic heterocycles. The highest BCUT2D eigenvalue weighted by atomic mass is 16.5. The van der Waals surface area contributed by atoms with E-state index in [0.29, 0.717) is 5.69 Å². The molecule has 0 aliphatic rings. The van der Waals surface area contributed by atoms with Crippen LogP contribution in [-0.4, -0.2) is 30.9 Å². The Labute approximate surface area is 132 Å². The molecule has 0 fully saturated rings. The van der Waals surface area contributed by atoms with E-state index in [0.717, 1.165) is 5.56 Å². The number of carbonyl (C=O) groups excluding carboxylic acids is 3. The van der Waals surface area contributed by atoms with Crippen LogP contribution >= 0.6 is 0 Å². The average Bonchev–Trinajstić information content (AvgIpc) is 3.07. The molecule has 0 spiro atoms. The molecule has 2 rings (SSSR count). The summed E-state index contributed by atoms with van der Waals surface area (Å²) in [6, 6.07) is 10.3.